The molecule has 144 valence electrons. The summed E-state index contributed by atoms with van der Waals surface area (Å²) < 4.78 is 13.6. The van der Waals surface area contributed by atoms with Crippen molar-refractivity contribution in [3.63, 3.8) is 0 Å². The van der Waals surface area contributed by atoms with Gasteiger partial charge >= 0.3 is 0 Å². The highest BCUT2D eigenvalue weighted by atomic mass is 17.0. The number of fused-ring (bicyclic) bond motifs is 1. The van der Waals surface area contributed by atoms with Crippen LogP contribution in [-0.2, 0) is 20.9 Å². The molecule has 10 nitrogen and oxygen atoms in total. The van der Waals surface area contributed by atoms with E-state index in [9.17, 15) is 10.1 Å². The summed E-state index contributed by atoms with van der Waals surface area (Å²) >= 11 is 0. The van der Waals surface area contributed by atoms with Crippen LogP contribution in [0.4, 0.5) is 0 Å². The Morgan fingerprint density at radius 3 is 2.69 bits per heavy atom. The number of aryl methyl sites for hydroxylation is 1. The molecule has 10 heteroatoms. The van der Waals surface area contributed by atoms with Gasteiger partial charge in [0, 0.05) is 45.1 Å². The van der Waals surface area contributed by atoms with Crippen molar-refractivity contribution in [2.24, 2.45) is 0 Å². The summed E-state index contributed by atoms with van der Waals surface area (Å²) in [6, 6.07) is 0.161. The van der Waals surface area contributed by atoms with Crippen molar-refractivity contribution >= 4 is 0 Å². The SMILES string of the molecule is O=[N+]([O-])O[C@H]1CO[C@H]2[C@@H]1OC[C@@H]2N1CCN(CCCn2ccnc2)CC1. The lowest BCUT2D eigenvalue weighted by Crippen LogP contribution is -2.54. The van der Waals surface area contributed by atoms with Crippen LogP contribution in [0.1, 0.15) is 6.42 Å². The molecule has 3 aliphatic heterocycles. The number of hydrogen-bond donors (Lipinski definition) is 0. The van der Waals surface area contributed by atoms with Gasteiger partial charge in [-0.2, -0.15) is 0 Å². The molecular weight excluding hydrogens is 342 g/mol. The molecule has 0 radical (unpaired) electrons. The Bertz CT molecular complexity index is 592. The highest BCUT2D eigenvalue weighted by Gasteiger charge is 2.51. The zero-order valence-corrected chi connectivity index (χ0v) is 14.7. The summed E-state index contributed by atoms with van der Waals surface area (Å²) in [7, 11) is 0. The fourth-order valence-corrected chi connectivity index (χ4v) is 4.17. The average molecular weight is 367 g/mol. The molecule has 0 unspecified atom stereocenters. The molecule has 0 N–H and O–H groups in total. The lowest BCUT2D eigenvalue weighted by molar-refractivity contribution is -0.769. The molecule has 0 amide bonds. The summed E-state index contributed by atoms with van der Waals surface area (Å²) in [6.45, 7) is 6.81. The van der Waals surface area contributed by atoms with Crippen LogP contribution in [-0.4, -0.2) is 94.7 Å². The Morgan fingerprint density at radius 1 is 1.15 bits per heavy atom. The van der Waals surface area contributed by atoms with Gasteiger partial charge in [0.25, 0.3) is 5.09 Å². The van der Waals surface area contributed by atoms with Crippen molar-refractivity contribution in [3.05, 3.63) is 28.8 Å². The molecule has 4 heterocycles. The maximum absolute atomic E-state index is 10.6. The minimum absolute atomic E-state index is 0.132. The second-order valence-corrected chi connectivity index (χ2v) is 7.06. The molecule has 3 saturated heterocycles. The maximum Gasteiger partial charge on any atom is 0.294 e. The second-order valence-electron chi connectivity index (χ2n) is 7.06. The fourth-order valence-electron chi connectivity index (χ4n) is 4.17. The molecule has 3 fully saturated rings. The van der Waals surface area contributed by atoms with Gasteiger partial charge in [0.1, 0.15) is 12.2 Å². The van der Waals surface area contributed by atoms with Gasteiger partial charge < -0.3 is 23.8 Å². The van der Waals surface area contributed by atoms with Crippen molar-refractivity contribution < 1.29 is 19.4 Å². The molecule has 3 aliphatic rings. The minimum Gasteiger partial charge on any atom is -0.371 e. The van der Waals surface area contributed by atoms with Crippen LogP contribution in [0, 0.1) is 10.1 Å². The quantitative estimate of drug-likeness (QED) is 0.476. The van der Waals surface area contributed by atoms with E-state index in [1.54, 1.807) is 0 Å². The van der Waals surface area contributed by atoms with Crippen LogP contribution < -0.4 is 0 Å². The maximum atomic E-state index is 10.6. The third kappa shape index (κ3) is 3.83. The number of ether oxygens (including phenoxy) is 2. The van der Waals surface area contributed by atoms with E-state index in [1.807, 2.05) is 18.7 Å². The number of hydrogen-bond acceptors (Lipinski definition) is 8. The van der Waals surface area contributed by atoms with Gasteiger partial charge in [-0.25, -0.2) is 4.98 Å². The molecule has 4 atom stereocenters. The summed E-state index contributed by atoms with van der Waals surface area (Å²) in [5, 5.41) is 9.82. The molecule has 0 aliphatic carbocycles. The van der Waals surface area contributed by atoms with E-state index >= 15 is 0 Å². The van der Waals surface area contributed by atoms with Crippen molar-refractivity contribution in [2.75, 3.05) is 45.9 Å². The number of aromatic nitrogens is 2. The van der Waals surface area contributed by atoms with Crippen molar-refractivity contribution in [1.82, 2.24) is 19.4 Å². The molecule has 1 aromatic heterocycles. The van der Waals surface area contributed by atoms with E-state index in [0.29, 0.717) is 6.61 Å². The summed E-state index contributed by atoms with van der Waals surface area (Å²) in [5.74, 6) is 0. The lowest BCUT2D eigenvalue weighted by atomic mass is 10.1. The minimum atomic E-state index is -0.754. The number of nitrogens with zero attached hydrogens (tertiary/aromatic N) is 5. The molecular formula is C16H25N5O5. The monoisotopic (exact) mass is 367 g/mol. The van der Waals surface area contributed by atoms with Gasteiger partial charge in [0.05, 0.1) is 25.6 Å². The van der Waals surface area contributed by atoms with Crippen LogP contribution >= 0.6 is 0 Å². The van der Waals surface area contributed by atoms with Crippen molar-refractivity contribution in [2.45, 2.75) is 37.3 Å². The highest BCUT2D eigenvalue weighted by Crippen LogP contribution is 2.32. The smallest absolute Gasteiger partial charge is 0.294 e. The van der Waals surface area contributed by atoms with Gasteiger partial charge in [-0.05, 0) is 13.0 Å². The van der Waals surface area contributed by atoms with Crippen LogP contribution in [0.25, 0.3) is 0 Å². The predicted molar refractivity (Wildman–Crippen MR) is 90.0 cm³/mol. The Labute approximate surface area is 151 Å². The third-order valence-corrected chi connectivity index (χ3v) is 5.53. The Morgan fingerprint density at radius 2 is 1.96 bits per heavy atom. The van der Waals surface area contributed by atoms with E-state index in [-0.39, 0.29) is 24.9 Å². The molecule has 4 rings (SSSR count). The number of rotatable bonds is 7. The predicted octanol–water partition coefficient (Wildman–Crippen LogP) is -0.366. The van der Waals surface area contributed by atoms with Gasteiger partial charge in [-0.1, -0.05) is 0 Å². The fraction of sp³-hybridized carbons (Fsp3) is 0.812. The van der Waals surface area contributed by atoms with Crippen molar-refractivity contribution in [3.8, 4) is 0 Å². The zero-order valence-electron chi connectivity index (χ0n) is 14.7. The van der Waals surface area contributed by atoms with Crippen LogP contribution in [0.15, 0.2) is 18.7 Å². The van der Waals surface area contributed by atoms with E-state index in [2.05, 4.69) is 19.4 Å². The first-order chi connectivity index (χ1) is 12.7. The average Bonchev–Trinajstić information content (AvgIpc) is 3.35. The number of piperazine rings is 1. The van der Waals surface area contributed by atoms with E-state index in [1.165, 1.54) is 0 Å². The summed E-state index contributed by atoms with van der Waals surface area (Å²) in [5.41, 5.74) is 0. The first kappa shape index (κ1) is 17.7. The molecule has 1 aromatic rings. The van der Waals surface area contributed by atoms with Crippen LogP contribution in [0.2, 0.25) is 0 Å². The molecule has 0 spiro atoms. The molecule has 26 heavy (non-hydrogen) atoms. The van der Waals surface area contributed by atoms with E-state index in [4.69, 9.17) is 14.3 Å². The standard InChI is InChI=1S/C16H25N5O5/c22-21(23)26-14-11-25-15-13(10-24-16(14)15)20-8-6-18(7-9-20)3-1-4-19-5-2-17-12-19/h2,5,12-16H,1,3-4,6-11H2/t13-,14-,15+,16+/m0/s1. The Kier molecular flexibility index (Phi) is 5.34. The zero-order chi connectivity index (χ0) is 17.9. The van der Waals surface area contributed by atoms with Gasteiger partial charge in [-0.15, -0.1) is 10.1 Å². The second kappa shape index (κ2) is 7.87. The first-order valence-electron chi connectivity index (χ1n) is 9.17. The summed E-state index contributed by atoms with van der Waals surface area (Å²) in [6.07, 6.45) is 5.69. The molecule has 0 bridgehead atoms. The van der Waals surface area contributed by atoms with Gasteiger partial charge in [0.15, 0.2) is 6.10 Å². The Balaban J connectivity index is 1.21. The van der Waals surface area contributed by atoms with Crippen molar-refractivity contribution in [1.29, 1.82) is 0 Å². The van der Waals surface area contributed by atoms with E-state index in [0.717, 1.165) is 45.7 Å². The summed E-state index contributed by atoms with van der Waals surface area (Å²) in [4.78, 5) is 24.2. The topological polar surface area (TPSA) is 95.1 Å². The lowest BCUT2D eigenvalue weighted by Gasteiger charge is -2.38. The van der Waals surface area contributed by atoms with Crippen LogP contribution in [0.3, 0.4) is 0 Å². The Hall–Kier alpha value is -1.75. The first-order valence-corrected chi connectivity index (χ1v) is 9.17. The van der Waals surface area contributed by atoms with Gasteiger partial charge in [-0.3, -0.25) is 4.90 Å². The number of imidazole rings is 1. The molecule has 0 aromatic carbocycles. The van der Waals surface area contributed by atoms with Gasteiger partial charge in [0.2, 0.25) is 0 Å². The third-order valence-electron chi connectivity index (χ3n) is 5.53. The van der Waals surface area contributed by atoms with Crippen LogP contribution in [0.5, 0.6) is 0 Å². The highest BCUT2D eigenvalue weighted by molar-refractivity contribution is 4.99. The normalized spacial score (nSPS) is 32.6. The van der Waals surface area contributed by atoms with E-state index < -0.39 is 11.2 Å². The molecule has 0 saturated carbocycles. The largest absolute Gasteiger partial charge is 0.371 e.